The molecular formula is C12H19NO2S. The fourth-order valence-electron chi connectivity index (χ4n) is 1.62. The minimum atomic E-state index is -3.04. The first-order valence-electron chi connectivity index (χ1n) is 5.39. The maximum Gasteiger partial charge on any atom is 0.154 e. The van der Waals surface area contributed by atoms with Crippen molar-refractivity contribution in [1.29, 1.82) is 0 Å². The molecule has 0 aliphatic carbocycles. The van der Waals surface area contributed by atoms with E-state index in [2.05, 4.69) is 0 Å². The highest BCUT2D eigenvalue weighted by atomic mass is 32.2. The van der Waals surface area contributed by atoms with Crippen LogP contribution in [0.15, 0.2) is 24.3 Å². The van der Waals surface area contributed by atoms with Gasteiger partial charge in [0.05, 0.1) is 11.5 Å². The van der Waals surface area contributed by atoms with Gasteiger partial charge in [-0.1, -0.05) is 36.8 Å². The standard InChI is InChI=1S/C12H19NO2S/c1-10-4-3-5-12(6-10)9-16(14,15)8-11(2)7-13/h3-6,11H,7-9,13H2,1-2H3. The van der Waals surface area contributed by atoms with E-state index in [0.717, 1.165) is 11.1 Å². The summed E-state index contributed by atoms with van der Waals surface area (Å²) in [5.41, 5.74) is 7.37. The predicted octanol–water partition coefficient (Wildman–Crippen LogP) is 1.50. The van der Waals surface area contributed by atoms with Gasteiger partial charge >= 0.3 is 0 Å². The molecule has 0 saturated carbocycles. The van der Waals surface area contributed by atoms with E-state index in [0.29, 0.717) is 6.54 Å². The van der Waals surface area contributed by atoms with Crippen LogP contribution in [-0.2, 0) is 15.6 Å². The second-order valence-corrected chi connectivity index (χ2v) is 6.49. The van der Waals surface area contributed by atoms with Gasteiger partial charge in [-0.2, -0.15) is 0 Å². The summed E-state index contributed by atoms with van der Waals surface area (Å²) in [5.74, 6) is 0.297. The summed E-state index contributed by atoms with van der Waals surface area (Å²) in [7, 11) is -3.04. The van der Waals surface area contributed by atoms with Crippen LogP contribution >= 0.6 is 0 Å². The lowest BCUT2D eigenvalue weighted by Crippen LogP contribution is -2.22. The Bertz CT molecular complexity index is 440. The third kappa shape index (κ3) is 4.33. The van der Waals surface area contributed by atoms with E-state index in [1.807, 2.05) is 38.1 Å². The van der Waals surface area contributed by atoms with Crippen molar-refractivity contribution < 1.29 is 8.42 Å². The number of rotatable bonds is 5. The quantitative estimate of drug-likeness (QED) is 0.850. The molecule has 2 N–H and O–H groups in total. The summed E-state index contributed by atoms with van der Waals surface area (Å²) in [4.78, 5) is 0. The Morgan fingerprint density at radius 3 is 2.62 bits per heavy atom. The summed E-state index contributed by atoms with van der Waals surface area (Å²) < 4.78 is 23.7. The molecule has 0 aromatic heterocycles. The van der Waals surface area contributed by atoms with Gasteiger partial charge in [0.1, 0.15) is 0 Å². The molecule has 0 spiro atoms. The maximum absolute atomic E-state index is 11.8. The Morgan fingerprint density at radius 1 is 1.38 bits per heavy atom. The van der Waals surface area contributed by atoms with Gasteiger partial charge in [0.15, 0.2) is 9.84 Å². The van der Waals surface area contributed by atoms with Crippen LogP contribution in [0.2, 0.25) is 0 Å². The van der Waals surface area contributed by atoms with E-state index in [1.165, 1.54) is 0 Å². The fourth-order valence-corrected chi connectivity index (χ4v) is 3.42. The van der Waals surface area contributed by atoms with Gasteiger partial charge in [-0.15, -0.1) is 0 Å². The van der Waals surface area contributed by atoms with Crippen LogP contribution < -0.4 is 5.73 Å². The molecule has 1 aromatic carbocycles. The number of aryl methyl sites for hydroxylation is 1. The number of sulfone groups is 1. The molecule has 4 heteroatoms. The molecule has 3 nitrogen and oxygen atoms in total. The van der Waals surface area contributed by atoms with Crippen LogP contribution in [0.25, 0.3) is 0 Å². The molecule has 0 aliphatic heterocycles. The van der Waals surface area contributed by atoms with Gasteiger partial charge in [0, 0.05) is 0 Å². The second kappa shape index (κ2) is 5.46. The summed E-state index contributed by atoms with van der Waals surface area (Å²) in [6, 6.07) is 7.59. The Labute approximate surface area is 97.6 Å². The highest BCUT2D eigenvalue weighted by Crippen LogP contribution is 2.11. The summed E-state index contributed by atoms with van der Waals surface area (Å²) in [6.07, 6.45) is 0. The van der Waals surface area contributed by atoms with Crippen LogP contribution in [0.3, 0.4) is 0 Å². The molecule has 0 radical (unpaired) electrons. The third-order valence-corrected chi connectivity index (χ3v) is 4.26. The van der Waals surface area contributed by atoms with Gasteiger partial charge in [-0.05, 0) is 24.9 Å². The Kier molecular flexibility index (Phi) is 4.50. The normalized spacial score (nSPS) is 13.7. The average Bonchev–Trinajstić information content (AvgIpc) is 2.15. The lowest BCUT2D eigenvalue weighted by molar-refractivity contribution is 0.573. The lowest BCUT2D eigenvalue weighted by atomic mass is 10.2. The molecule has 1 unspecified atom stereocenters. The minimum Gasteiger partial charge on any atom is -0.330 e. The topological polar surface area (TPSA) is 60.2 Å². The predicted molar refractivity (Wildman–Crippen MR) is 66.9 cm³/mol. The first-order valence-corrected chi connectivity index (χ1v) is 7.21. The van der Waals surface area contributed by atoms with Crippen molar-refractivity contribution in [3.8, 4) is 0 Å². The SMILES string of the molecule is Cc1cccc(CS(=O)(=O)CC(C)CN)c1. The molecule has 1 atom stereocenters. The largest absolute Gasteiger partial charge is 0.330 e. The summed E-state index contributed by atoms with van der Waals surface area (Å²) in [5, 5.41) is 0. The first kappa shape index (κ1) is 13.2. The monoisotopic (exact) mass is 241 g/mol. The molecule has 16 heavy (non-hydrogen) atoms. The molecular weight excluding hydrogens is 222 g/mol. The molecule has 0 aliphatic rings. The minimum absolute atomic E-state index is 0.0230. The zero-order valence-electron chi connectivity index (χ0n) is 9.81. The van der Waals surface area contributed by atoms with Crippen molar-refractivity contribution >= 4 is 9.84 Å². The van der Waals surface area contributed by atoms with Crippen molar-refractivity contribution in [2.75, 3.05) is 12.3 Å². The third-order valence-electron chi connectivity index (χ3n) is 2.41. The summed E-state index contributed by atoms with van der Waals surface area (Å²) >= 11 is 0. The van der Waals surface area contributed by atoms with Crippen molar-refractivity contribution in [1.82, 2.24) is 0 Å². The molecule has 0 amide bonds. The van der Waals surface area contributed by atoms with Gasteiger partial charge in [0.25, 0.3) is 0 Å². The Balaban J connectivity index is 2.73. The first-order chi connectivity index (χ1) is 7.43. The number of hydrogen-bond donors (Lipinski definition) is 1. The average molecular weight is 241 g/mol. The Morgan fingerprint density at radius 2 is 2.06 bits per heavy atom. The van der Waals surface area contributed by atoms with Gasteiger partial charge < -0.3 is 5.73 Å². The van der Waals surface area contributed by atoms with Crippen molar-refractivity contribution in [2.45, 2.75) is 19.6 Å². The van der Waals surface area contributed by atoms with Crippen molar-refractivity contribution in [3.05, 3.63) is 35.4 Å². The molecule has 0 saturated heterocycles. The zero-order valence-corrected chi connectivity index (χ0v) is 10.6. The van der Waals surface area contributed by atoms with Crippen LogP contribution in [0.4, 0.5) is 0 Å². The van der Waals surface area contributed by atoms with Crippen LogP contribution in [-0.4, -0.2) is 20.7 Å². The molecule has 90 valence electrons. The van der Waals surface area contributed by atoms with Gasteiger partial charge in [-0.3, -0.25) is 0 Å². The highest BCUT2D eigenvalue weighted by Gasteiger charge is 2.15. The van der Waals surface area contributed by atoms with Crippen LogP contribution in [0.5, 0.6) is 0 Å². The number of hydrogen-bond acceptors (Lipinski definition) is 3. The maximum atomic E-state index is 11.8. The van der Waals surface area contributed by atoms with Crippen LogP contribution in [0, 0.1) is 12.8 Å². The lowest BCUT2D eigenvalue weighted by Gasteiger charge is -2.09. The van der Waals surface area contributed by atoms with Crippen molar-refractivity contribution in [3.63, 3.8) is 0 Å². The van der Waals surface area contributed by atoms with Gasteiger partial charge in [0.2, 0.25) is 0 Å². The molecule has 0 heterocycles. The molecule has 1 aromatic rings. The van der Waals surface area contributed by atoms with E-state index in [9.17, 15) is 8.42 Å². The second-order valence-electron chi connectivity index (χ2n) is 4.38. The zero-order chi connectivity index (χ0) is 12.2. The number of nitrogens with two attached hydrogens (primary N) is 1. The molecule has 1 rings (SSSR count). The smallest absolute Gasteiger partial charge is 0.154 e. The summed E-state index contributed by atoms with van der Waals surface area (Å²) in [6.45, 7) is 4.22. The van der Waals surface area contributed by atoms with E-state index < -0.39 is 9.84 Å². The van der Waals surface area contributed by atoms with E-state index in [1.54, 1.807) is 0 Å². The van der Waals surface area contributed by atoms with E-state index >= 15 is 0 Å². The van der Waals surface area contributed by atoms with E-state index in [4.69, 9.17) is 5.73 Å². The Hall–Kier alpha value is -0.870. The van der Waals surface area contributed by atoms with Crippen LogP contribution in [0.1, 0.15) is 18.1 Å². The highest BCUT2D eigenvalue weighted by molar-refractivity contribution is 7.90. The molecule has 0 bridgehead atoms. The van der Waals surface area contributed by atoms with Gasteiger partial charge in [-0.25, -0.2) is 8.42 Å². The fraction of sp³-hybridized carbons (Fsp3) is 0.500. The van der Waals surface area contributed by atoms with Crippen molar-refractivity contribution in [2.24, 2.45) is 11.7 Å². The van der Waals surface area contributed by atoms with E-state index in [-0.39, 0.29) is 17.4 Å². The number of benzene rings is 1. The molecule has 0 fully saturated rings.